The molecule has 4 rings (SSSR count). The van der Waals surface area contributed by atoms with Gasteiger partial charge in [-0.2, -0.15) is 16.0 Å². The lowest BCUT2D eigenvalue weighted by Crippen LogP contribution is -2.03. The third-order valence-corrected chi connectivity index (χ3v) is 8.20. The predicted molar refractivity (Wildman–Crippen MR) is 112 cm³/mol. The zero-order chi connectivity index (χ0) is 17.9. The van der Waals surface area contributed by atoms with Crippen LogP contribution in [-0.2, 0) is 5.75 Å². The van der Waals surface area contributed by atoms with Gasteiger partial charge < -0.3 is 0 Å². The monoisotopic (exact) mass is 402 g/mol. The van der Waals surface area contributed by atoms with E-state index in [1.165, 1.54) is 4.70 Å². The van der Waals surface area contributed by atoms with Crippen LogP contribution in [0.2, 0.25) is 0 Å². The van der Waals surface area contributed by atoms with Crippen LogP contribution in [0, 0.1) is 10.1 Å². The van der Waals surface area contributed by atoms with Gasteiger partial charge in [0.15, 0.2) is 4.34 Å². The quantitative estimate of drug-likeness (QED) is 0.276. The molecule has 1 unspecified atom stereocenters. The van der Waals surface area contributed by atoms with Gasteiger partial charge in [0.2, 0.25) is 0 Å². The van der Waals surface area contributed by atoms with E-state index < -0.39 is 10.9 Å². The van der Waals surface area contributed by atoms with Gasteiger partial charge in [-0.05, 0) is 17.7 Å². The van der Waals surface area contributed by atoms with Crippen molar-refractivity contribution in [2.75, 3.05) is 5.75 Å². The highest BCUT2D eigenvalue weighted by molar-refractivity contribution is 8.40. The molecule has 26 heavy (non-hydrogen) atoms. The number of hydrogen-bond acceptors (Lipinski definition) is 7. The minimum absolute atomic E-state index is 0.113. The van der Waals surface area contributed by atoms with E-state index in [9.17, 15) is 10.1 Å². The molecule has 6 nitrogen and oxygen atoms in total. The molecule has 0 saturated carbocycles. The van der Waals surface area contributed by atoms with Gasteiger partial charge in [-0.3, -0.25) is 10.1 Å². The summed E-state index contributed by atoms with van der Waals surface area (Å²) in [7, 11) is -0.585. The van der Waals surface area contributed by atoms with Gasteiger partial charge in [0, 0.05) is 23.6 Å². The standard InChI is InChI=1S/C17H14N4O2S3/c22-21(23)13-7-5-12(6-8-13)10-26-11-18-20-16(26)9-24-17-19-14-3-1-2-4-15(14)25-17/h1-8,11,26H,9-10H2. The number of thiol groups is 1. The van der Waals surface area contributed by atoms with Crippen molar-refractivity contribution in [2.45, 2.75) is 10.1 Å². The maximum atomic E-state index is 10.8. The fourth-order valence-electron chi connectivity index (χ4n) is 2.48. The first-order chi connectivity index (χ1) is 12.7. The maximum Gasteiger partial charge on any atom is 0.269 e. The van der Waals surface area contributed by atoms with E-state index in [1.807, 2.05) is 35.9 Å². The smallest absolute Gasteiger partial charge is 0.258 e. The largest absolute Gasteiger partial charge is 0.269 e. The zero-order valence-electron chi connectivity index (χ0n) is 13.5. The molecule has 0 spiro atoms. The molecule has 0 amide bonds. The second-order valence-electron chi connectivity index (χ2n) is 5.53. The molecule has 0 fully saturated rings. The number of nitrogens with zero attached hydrogens (tertiary/aromatic N) is 4. The van der Waals surface area contributed by atoms with Crippen molar-refractivity contribution in [1.82, 2.24) is 4.98 Å². The van der Waals surface area contributed by atoms with Crippen molar-refractivity contribution in [3.05, 3.63) is 64.2 Å². The Morgan fingerprint density at radius 2 is 1.96 bits per heavy atom. The molecule has 1 atom stereocenters. The van der Waals surface area contributed by atoms with E-state index in [1.54, 1.807) is 35.2 Å². The second-order valence-corrected chi connectivity index (χ2v) is 9.79. The Bertz CT molecular complexity index is 981. The van der Waals surface area contributed by atoms with Crippen LogP contribution in [-0.4, -0.2) is 26.3 Å². The van der Waals surface area contributed by atoms with Crippen molar-refractivity contribution >= 4 is 60.5 Å². The summed E-state index contributed by atoms with van der Waals surface area (Å²) in [5.41, 5.74) is 4.11. The normalized spacial score (nSPS) is 17.5. The molecule has 1 aromatic heterocycles. The number of thioether (sulfide) groups is 1. The summed E-state index contributed by atoms with van der Waals surface area (Å²) in [5, 5.41) is 20.2. The van der Waals surface area contributed by atoms with Gasteiger partial charge in [-0.15, -0.1) is 16.4 Å². The van der Waals surface area contributed by atoms with Crippen LogP contribution in [0.4, 0.5) is 5.69 Å². The van der Waals surface area contributed by atoms with E-state index >= 15 is 0 Å². The third kappa shape index (κ3) is 3.79. The number of hydrogen-bond donors (Lipinski definition) is 1. The molecule has 2 aromatic carbocycles. The molecule has 0 aliphatic carbocycles. The Balaban J connectivity index is 1.39. The van der Waals surface area contributed by atoms with Gasteiger partial charge in [0.05, 0.1) is 25.7 Å². The number of nitro benzene ring substituents is 1. The summed E-state index contributed by atoms with van der Waals surface area (Å²) in [6.07, 6.45) is 0. The predicted octanol–water partition coefficient (Wildman–Crippen LogP) is 4.85. The summed E-state index contributed by atoms with van der Waals surface area (Å²) in [5.74, 6) is 1.56. The molecular formula is C17H14N4O2S3. The van der Waals surface area contributed by atoms with Crippen molar-refractivity contribution in [1.29, 1.82) is 0 Å². The molecule has 0 N–H and O–H groups in total. The van der Waals surface area contributed by atoms with Gasteiger partial charge in [-0.1, -0.05) is 36.0 Å². The minimum atomic E-state index is -0.585. The first-order valence-corrected chi connectivity index (χ1v) is 11.2. The Kier molecular flexibility index (Phi) is 5.00. The lowest BCUT2D eigenvalue weighted by molar-refractivity contribution is -0.384. The Morgan fingerprint density at radius 3 is 2.73 bits per heavy atom. The van der Waals surface area contributed by atoms with Crippen LogP contribution in [0.1, 0.15) is 5.56 Å². The van der Waals surface area contributed by atoms with E-state index in [4.69, 9.17) is 0 Å². The fourth-order valence-corrected chi connectivity index (χ4v) is 6.54. The molecule has 0 bridgehead atoms. The topological polar surface area (TPSA) is 80.8 Å². The number of rotatable bonds is 6. The van der Waals surface area contributed by atoms with Crippen molar-refractivity contribution in [3.8, 4) is 0 Å². The zero-order valence-corrected chi connectivity index (χ0v) is 16.0. The summed E-state index contributed by atoms with van der Waals surface area (Å²) in [4.78, 5) is 15.0. The van der Waals surface area contributed by atoms with Crippen molar-refractivity contribution < 1.29 is 4.92 Å². The van der Waals surface area contributed by atoms with Crippen LogP contribution in [0.5, 0.6) is 0 Å². The summed E-state index contributed by atoms with van der Waals surface area (Å²) in [6, 6.07) is 14.8. The number of benzene rings is 2. The van der Waals surface area contributed by atoms with E-state index in [0.717, 1.165) is 32.0 Å². The van der Waals surface area contributed by atoms with E-state index in [0.29, 0.717) is 0 Å². The number of thiazole rings is 1. The van der Waals surface area contributed by atoms with Crippen LogP contribution in [0.3, 0.4) is 0 Å². The molecule has 3 aromatic rings. The number of nitro groups is 1. The number of aromatic nitrogens is 1. The molecule has 1 aliphatic heterocycles. The minimum Gasteiger partial charge on any atom is -0.258 e. The fraction of sp³-hybridized carbons (Fsp3) is 0.118. The van der Waals surface area contributed by atoms with Crippen LogP contribution in [0.25, 0.3) is 10.2 Å². The van der Waals surface area contributed by atoms with E-state index in [2.05, 4.69) is 21.3 Å². The third-order valence-electron chi connectivity index (χ3n) is 3.79. The molecule has 1 aliphatic rings. The molecular weight excluding hydrogens is 388 g/mol. The van der Waals surface area contributed by atoms with Gasteiger partial charge >= 0.3 is 0 Å². The number of para-hydroxylation sites is 1. The molecule has 2 heterocycles. The second kappa shape index (κ2) is 7.56. The summed E-state index contributed by atoms with van der Waals surface area (Å²) < 4.78 is 2.22. The van der Waals surface area contributed by atoms with Crippen LogP contribution >= 0.6 is 34.0 Å². The highest BCUT2D eigenvalue weighted by Crippen LogP contribution is 2.37. The lowest BCUT2D eigenvalue weighted by Gasteiger charge is -2.13. The average molecular weight is 403 g/mol. The van der Waals surface area contributed by atoms with Gasteiger partial charge in [0.25, 0.3) is 5.69 Å². The molecule has 132 valence electrons. The Morgan fingerprint density at radius 1 is 1.15 bits per heavy atom. The van der Waals surface area contributed by atoms with Gasteiger partial charge in [-0.25, -0.2) is 4.98 Å². The SMILES string of the molecule is O=[N+]([O-])c1ccc(C[SH]2C=NN=C2CSc2nc3ccccc3s2)cc1. The van der Waals surface area contributed by atoms with Crippen molar-refractivity contribution in [2.24, 2.45) is 10.2 Å². The summed E-state index contributed by atoms with van der Waals surface area (Å²) >= 11 is 3.38. The lowest BCUT2D eigenvalue weighted by atomic mass is 10.2. The summed E-state index contributed by atoms with van der Waals surface area (Å²) in [6.45, 7) is 0. The number of non-ortho nitro benzene ring substituents is 1. The maximum absolute atomic E-state index is 10.8. The molecule has 9 heteroatoms. The van der Waals surface area contributed by atoms with Crippen molar-refractivity contribution in [3.63, 3.8) is 0 Å². The first kappa shape index (κ1) is 17.2. The Hall–Kier alpha value is -2.23. The highest BCUT2D eigenvalue weighted by atomic mass is 32.2. The van der Waals surface area contributed by atoms with Crippen LogP contribution < -0.4 is 0 Å². The Labute approximate surface area is 160 Å². The highest BCUT2D eigenvalue weighted by Gasteiger charge is 2.17. The van der Waals surface area contributed by atoms with E-state index in [-0.39, 0.29) is 10.6 Å². The average Bonchev–Trinajstić information content (AvgIpc) is 3.26. The van der Waals surface area contributed by atoms with Gasteiger partial charge in [0.1, 0.15) is 0 Å². The first-order valence-electron chi connectivity index (χ1n) is 7.77. The number of fused-ring (bicyclic) bond motifs is 1. The molecule has 0 radical (unpaired) electrons. The molecule has 0 saturated heterocycles. The van der Waals surface area contributed by atoms with Crippen LogP contribution in [0.15, 0.2) is 63.1 Å².